The zero-order valence-corrected chi connectivity index (χ0v) is 23.3. The first kappa shape index (κ1) is 27.6. The van der Waals surface area contributed by atoms with Crippen LogP contribution in [-0.2, 0) is 18.3 Å². The first-order valence-corrected chi connectivity index (χ1v) is 14.6. The van der Waals surface area contributed by atoms with Crippen LogP contribution >= 0.6 is 0 Å². The van der Waals surface area contributed by atoms with E-state index >= 15 is 0 Å². The minimum absolute atomic E-state index is 0.0822. The average Bonchev–Trinajstić information content (AvgIpc) is 2.96. The summed E-state index contributed by atoms with van der Waals surface area (Å²) in [4.78, 5) is 0. The number of aryl methyl sites for hydroxylation is 1. The van der Waals surface area contributed by atoms with Gasteiger partial charge in [0.25, 0.3) is 0 Å². The van der Waals surface area contributed by atoms with Crippen LogP contribution in [0.4, 0.5) is 0 Å². The number of hydrogen-bond acceptors (Lipinski definition) is 4. The standard InChI is InChI=1S/C36H40O4/c1-25(6-5-7-26-10-16-33(39)24-34(26)27-8-14-31(37)15-9-27)22-28-23-30(13-19-35(28)40)36(20-3-2-4-21-36)29-11-17-32(38)18-12-29/h8-19,23-25,37-40H,2-7,20-22H2,1H3. The van der Waals surface area contributed by atoms with Crippen molar-refractivity contribution in [3.05, 3.63) is 107 Å². The minimum atomic E-state index is -0.0822. The number of phenols is 4. The fourth-order valence-electron chi connectivity index (χ4n) is 6.54. The summed E-state index contributed by atoms with van der Waals surface area (Å²) in [5.74, 6) is 1.51. The predicted molar refractivity (Wildman–Crippen MR) is 161 cm³/mol. The van der Waals surface area contributed by atoms with Crippen LogP contribution in [0.3, 0.4) is 0 Å². The largest absolute Gasteiger partial charge is 0.508 e. The van der Waals surface area contributed by atoms with Crippen molar-refractivity contribution in [1.29, 1.82) is 0 Å². The lowest BCUT2D eigenvalue weighted by molar-refractivity contribution is 0.344. The molecule has 0 amide bonds. The summed E-state index contributed by atoms with van der Waals surface area (Å²) in [6.07, 6.45) is 9.46. The fraction of sp³-hybridized carbons (Fsp3) is 0.333. The van der Waals surface area contributed by atoms with E-state index in [4.69, 9.17) is 0 Å². The van der Waals surface area contributed by atoms with Crippen molar-refractivity contribution in [1.82, 2.24) is 0 Å². The molecule has 4 heteroatoms. The second-order valence-corrected chi connectivity index (χ2v) is 11.6. The maximum absolute atomic E-state index is 10.8. The van der Waals surface area contributed by atoms with Crippen LogP contribution in [0.5, 0.6) is 23.0 Å². The van der Waals surface area contributed by atoms with Crippen molar-refractivity contribution in [2.24, 2.45) is 5.92 Å². The van der Waals surface area contributed by atoms with Gasteiger partial charge in [-0.25, -0.2) is 0 Å². The molecule has 1 unspecified atom stereocenters. The van der Waals surface area contributed by atoms with Crippen molar-refractivity contribution >= 4 is 0 Å². The van der Waals surface area contributed by atoms with Gasteiger partial charge in [-0.15, -0.1) is 0 Å². The molecule has 0 heterocycles. The molecule has 5 rings (SSSR count). The van der Waals surface area contributed by atoms with Crippen LogP contribution in [0, 0.1) is 5.92 Å². The third kappa shape index (κ3) is 6.12. The molecule has 208 valence electrons. The van der Waals surface area contributed by atoms with E-state index in [0.29, 0.717) is 11.7 Å². The van der Waals surface area contributed by atoms with Gasteiger partial charge in [0.15, 0.2) is 0 Å². The maximum Gasteiger partial charge on any atom is 0.118 e. The van der Waals surface area contributed by atoms with Gasteiger partial charge in [-0.2, -0.15) is 0 Å². The molecule has 40 heavy (non-hydrogen) atoms. The van der Waals surface area contributed by atoms with Gasteiger partial charge in [-0.1, -0.05) is 75.1 Å². The lowest BCUT2D eigenvalue weighted by atomic mass is 9.65. The number of hydrogen-bond donors (Lipinski definition) is 4. The summed E-state index contributed by atoms with van der Waals surface area (Å²) in [5, 5.41) is 40.4. The molecule has 4 aromatic carbocycles. The highest BCUT2D eigenvalue weighted by molar-refractivity contribution is 5.69. The highest BCUT2D eigenvalue weighted by Crippen LogP contribution is 2.46. The molecule has 0 radical (unpaired) electrons. The molecule has 0 saturated heterocycles. The molecule has 1 fully saturated rings. The zero-order valence-electron chi connectivity index (χ0n) is 23.3. The monoisotopic (exact) mass is 536 g/mol. The number of aromatic hydroxyl groups is 4. The molecule has 1 aliphatic carbocycles. The van der Waals surface area contributed by atoms with Crippen LogP contribution in [0.1, 0.15) is 74.1 Å². The zero-order chi connectivity index (χ0) is 28.1. The molecule has 0 bridgehead atoms. The quantitative estimate of drug-likeness (QED) is 0.173. The summed E-state index contributed by atoms with van der Waals surface area (Å²) in [6, 6.07) is 26.5. The molecule has 4 nitrogen and oxygen atoms in total. The van der Waals surface area contributed by atoms with Gasteiger partial charge in [0.2, 0.25) is 0 Å². The Morgan fingerprint density at radius 2 is 1.27 bits per heavy atom. The highest BCUT2D eigenvalue weighted by Gasteiger charge is 2.36. The Morgan fingerprint density at radius 3 is 1.98 bits per heavy atom. The van der Waals surface area contributed by atoms with E-state index in [0.717, 1.165) is 55.2 Å². The average molecular weight is 537 g/mol. The molecule has 1 aliphatic rings. The molecule has 0 aromatic heterocycles. The smallest absolute Gasteiger partial charge is 0.118 e. The van der Waals surface area contributed by atoms with E-state index < -0.39 is 0 Å². The van der Waals surface area contributed by atoms with Gasteiger partial charge in [0.1, 0.15) is 23.0 Å². The van der Waals surface area contributed by atoms with E-state index in [1.807, 2.05) is 24.3 Å². The Balaban J connectivity index is 1.29. The van der Waals surface area contributed by atoms with E-state index in [1.54, 1.807) is 36.4 Å². The molecule has 0 aliphatic heterocycles. The maximum atomic E-state index is 10.8. The van der Waals surface area contributed by atoms with E-state index in [9.17, 15) is 20.4 Å². The Morgan fingerprint density at radius 1 is 0.650 bits per heavy atom. The second kappa shape index (κ2) is 12.1. The fourth-order valence-corrected chi connectivity index (χ4v) is 6.54. The Hall–Kier alpha value is -3.92. The lowest BCUT2D eigenvalue weighted by Crippen LogP contribution is -2.30. The predicted octanol–water partition coefficient (Wildman–Crippen LogP) is 8.63. The topological polar surface area (TPSA) is 80.9 Å². The van der Waals surface area contributed by atoms with Crippen LogP contribution in [0.25, 0.3) is 11.1 Å². The van der Waals surface area contributed by atoms with Gasteiger partial charge in [0, 0.05) is 5.41 Å². The van der Waals surface area contributed by atoms with Crippen LogP contribution in [0.2, 0.25) is 0 Å². The van der Waals surface area contributed by atoms with Crippen molar-refractivity contribution in [2.75, 3.05) is 0 Å². The second-order valence-electron chi connectivity index (χ2n) is 11.6. The third-order valence-corrected chi connectivity index (χ3v) is 8.74. The third-order valence-electron chi connectivity index (χ3n) is 8.74. The van der Waals surface area contributed by atoms with Crippen molar-refractivity contribution in [3.63, 3.8) is 0 Å². The van der Waals surface area contributed by atoms with E-state index in [-0.39, 0.29) is 22.7 Å². The summed E-state index contributed by atoms with van der Waals surface area (Å²) in [7, 11) is 0. The molecule has 1 saturated carbocycles. The van der Waals surface area contributed by atoms with Crippen molar-refractivity contribution in [3.8, 4) is 34.1 Å². The normalized spacial score (nSPS) is 15.5. The SMILES string of the molecule is CC(CCCc1ccc(O)cc1-c1ccc(O)cc1)Cc1cc(C2(c3ccc(O)cc3)CCCCC2)ccc1O. The lowest BCUT2D eigenvalue weighted by Gasteiger charge is -2.39. The van der Waals surface area contributed by atoms with Crippen molar-refractivity contribution < 1.29 is 20.4 Å². The molecule has 0 spiro atoms. The van der Waals surface area contributed by atoms with Gasteiger partial charge < -0.3 is 20.4 Å². The Bertz CT molecular complexity index is 1420. The summed E-state index contributed by atoms with van der Waals surface area (Å²) < 4.78 is 0. The van der Waals surface area contributed by atoms with Crippen LogP contribution < -0.4 is 0 Å². The molecule has 4 N–H and O–H groups in total. The Labute approximate surface area is 237 Å². The summed E-state index contributed by atoms with van der Waals surface area (Å²) in [6.45, 7) is 2.25. The summed E-state index contributed by atoms with van der Waals surface area (Å²) in [5.41, 5.74) is 6.57. The molecule has 1 atom stereocenters. The van der Waals surface area contributed by atoms with Gasteiger partial charge >= 0.3 is 0 Å². The highest BCUT2D eigenvalue weighted by atomic mass is 16.3. The van der Waals surface area contributed by atoms with Gasteiger partial charge in [0.05, 0.1) is 0 Å². The van der Waals surface area contributed by atoms with E-state index in [1.165, 1.54) is 36.0 Å². The molecular formula is C36H40O4. The Kier molecular flexibility index (Phi) is 8.35. The van der Waals surface area contributed by atoms with E-state index in [2.05, 4.69) is 31.2 Å². The van der Waals surface area contributed by atoms with Crippen LogP contribution in [-0.4, -0.2) is 20.4 Å². The molecule has 4 aromatic rings. The minimum Gasteiger partial charge on any atom is -0.508 e. The number of phenolic OH excluding ortho intramolecular Hbond substituents is 4. The van der Waals surface area contributed by atoms with Gasteiger partial charge in [-0.3, -0.25) is 0 Å². The number of rotatable bonds is 9. The van der Waals surface area contributed by atoms with Crippen LogP contribution in [0.15, 0.2) is 84.9 Å². The first-order chi connectivity index (χ1) is 19.3. The van der Waals surface area contributed by atoms with Crippen molar-refractivity contribution in [2.45, 2.75) is 70.1 Å². The van der Waals surface area contributed by atoms with Gasteiger partial charge in [-0.05, 0) is 114 Å². The number of benzene rings is 4. The summed E-state index contributed by atoms with van der Waals surface area (Å²) >= 11 is 0. The molecular weight excluding hydrogens is 496 g/mol. The first-order valence-electron chi connectivity index (χ1n) is 14.6.